The predicted octanol–water partition coefficient (Wildman–Crippen LogP) is 4.29. The van der Waals surface area contributed by atoms with E-state index in [0.717, 1.165) is 23.0 Å². The van der Waals surface area contributed by atoms with Gasteiger partial charge in [-0.15, -0.1) is 6.58 Å². The molecule has 0 saturated carbocycles. The highest BCUT2D eigenvalue weighted by molar-refractivity contribution is 5.84. The van der Waals surface area contributed by atoms with Crippen LogP contribution in [-0.2, 0) is 6.42 Å². The number of rotatable bonds is 6. The van der Waals surface area contributed by atoms with Gasteiger partial charge in [0, 0.05) is 0 Å². The van der Waals surface area contributed by atoms with E-state index in [0.29, 0.717) is 24.3 Å². The van der Waals surface area contributed by atoms with Crippen molar-refractivity contribution in [1.29, 1.82) is 0 Å². The molecule has 0 spiro atoms. The van der Waals surface area contributed by atoms with Crippen molar-refractivity contribution < 1.29 is 9.53 Å². The lowest BCUT2D eigenvalue weighted by Crippen LogP contribution is -2.01. The van der Waals surface area contributed by atoms with Gasteiger partial charge in [0.2, 0.25) is 0 Å². The summed E-state index contributed by atoms with van der Waals surface area (Å²) in [5.41, 5.74) is 3.69. The smallest absolute Gasteiger partial charge is 0.153 e. The molecule has 0 aliphatic rings. The molecule has 0 saturated heterocycles. The predicted molar refractivity (Wildman–Crippen MR) is 82.3 cm³/mol. The Morgan fingerprint density at radius 2 is 1.90 bits per heavy atom. The zero-order chi connectivity index (χ0) is 14.4. The molecular formula is C18H18O2. The summed E-state index contributed by atoms with van der Waals surface area (Å²) in [4.78, 5) is 11.3. The first kappa shape index (κ1) is 14.1. The van der Waals surface area contributed by atoms with E-state index >= 15 is 0 Å². The molecule has 0 amide bonds. The quantitative estimate of drug-likeness (QED) is 0.576. The summed E-state index contributed by atoms with van der Waals surface area (Å²) in [6, 6.07) is 13.9. The van der Waals surface area contributed by atoms with Gasteiger partial charge < -0.3 is 4.74 Å². The van der Waals surface area contributed by atoms with Crippen LogP contribution < -0.4 is 4.74 Å². The number of allylic oxidation sites excluding steroid dienone is 1. The number of aldehydes is 1. The zero-order valence-electron chi connectivity index (χ0n) is 11.6. The standard InChI is InChI=1S/C18H18O2/c1-3-8-15-11-16(14-9-6-5-7-10-14)12-17(13-19)18(15)20-4-2/h3,5-7,9-13H,1,4,8H2,2H3. The fourth-order valence-electron chi connectivity index (χ4n) is 2.23. The van der Waals surface area contributed by atoms with Gasteiger partial charge in [0.25, 0.3) is 0 Å². The summed E-state index contributed by atoms with van der Waals surface area (Å²) in [6.45, 7) is 6.22. The second-order valence-corrected chi connectivity index (χ2v) is 4.46. The van der Waals surface area contributed by atoms with Crippen LogP contribution in [0.15, 0.2) is 55.1 Å². The molecule has 0 aromatic heterocycles. The average molecular weight is 266 g/mol. The molecule has 20 heavy (non-hydrogen) atoms. The SMILES string of the molecule is C=CCc1cc(-c2ccccc2)cc(C=O)c1OCC. The van der Waals surface area contributed by atoms with Crippen molar-refractivity contribution in [3.63, 3.8) is 0 Å². The summed E-state index contributed by atoms with van der Waals surface area (Å²) in [5, 5.41) is 0. The number of hydrogen-bond donors (Lipinski definition) is 0. The van der Waals surface area contributed by atoms with E-state index in [4.69, 9.17) is 4.74 Å². The van der Waals surface area contributed by atoms with Crippen LogP contribution >= 0.6 is 0 Å². The molecule has 2 nitrogen and oxygen atoms in total. The Kier molecular flexibility index (Phi) is 4.72. The zero-order valence-corrected chi connectivity index (χ0v) is 11.6. The normalized spacial score (nSPS) is 10.1. The van der Waals surface area contributed by atoms with E-state index in [1.54, 1.807) is 0 Å². The van der Waals surface area contributed by atoms with E-state index in [2.05, 4.69) is 12.6 Å². The van der Waals surface area contributed by atoms with E-state index in [9.17, 15) is 4.79 Å². The van der Waals surface area contributed by atoms with Crippen LogP contribution in [0.3, 0.4) is 0 Å². The third kappa shape index (κ3) is 2.97. The Morgan fingerprint density at radius 3 is 2.50 bits per heavy atom. The number of ether oxygens (including phenoxy) is 1. The van der Waals surface area contributed by atoms with Gasteiger partial charge in [-0.3, -0.25) is 4.79 Å². The van der Waals surface area contributed by atoms with Gasteiger partial charge in [-0.05, 0) is 42.2 Å². The molecule has 2 aromatic carbocycles. The lowest BCUT2D eigenvalue weighted by molar-refractivity contribution is 0.111. The fourth-order valence-corrected chi connectivity index (χ4v) is 2.23. The average Bonchev–Trinajstić information content (AvgIpc) is 2.50. The van der Waals surface area contributed by atoms with Crippen molar-refractivity contribution in [2.45, 2.75) is 13.3 Å². The summed E-state index contributed by atoms with van der Waals surface area (Å²) < 4.78 is 5.62. The summed E-state index contributed by atoms with van der Waals surface area (Å²) in [6.07, 6.45) is 3.35. The van der Waals surface area contributed by atoms with Crippen molar-refractivity contribution in [3.8, 4) is 16.9 Å². The van der Waals surface area contributed by atoms with Crippen molar-refractivity contribution in [2.24, 2.45) is 0 Å². The lowest BCUT2D eigenvalue weighted by Gasteiger charge is -2.14. The minimum atomic E-state index is 0.537. The highest BCUT2D eigenvalue weighted by atomic mass is 16.5. The topological polar surface area (TPSA) is 26.3 Å². The first-order chi connectivity index (χ1) is 9.80. The number of benzene rings is 2. The molecule has 0 radical (unpaired) electrons. The molecule has 0 unspecified atom stereocenters. The van der Waals surface area contributed by atoms with Gasteiger partial charge in [0.15, 0.2) is 6.29 Å². The first-order valence-electron chi connectivity index (χ1n) is 6.71. The molecule has 0 heterocycles. The van der Waals surface area contributed by atoms with Gasteiger partial charge in [0.05, 0.1) is 12.2 Å². The minimum Gasteiger partial charge on any atom is -0.493 e. The van der Waals surface area contributed by atoms with Gasteiger partial charge >= 0.3 is 0 Å². The molecule has 0 bridgehead atoms. The van der Waals surface area contributed by atoms with Gasteiger partial charge in [-0.1, -0.05) is 36.4 Å². The molecular weight excluding hydrogens is 248 g/mol. The highest BCUT2D eigenvalue weighted by Crippen LogP contribution is 2.30. The number of carbonyl (C=O) groups excluding carboxylic acids is 1. The van der Waals surface area contributed by atoms with E-state index in [1.165, 1.54) is 0 Å². The monoisotopic (exact) mass is 266 g/mol. The highest BCUT2D eigenvalue weighted by Gasteiger charge is 2.12. The molecule has 0 fully saturated rings. The molecule has 0 aliphatic heterocycles. The van der Waals surface area contributed by atoms with Crippen molar-refractivity contribution in [1.82, 2.24) is 0 Å². The van der Waals surface area contributed by atoms with Crippen LogP contribution in [0, 0.1) is 0 Å². The van der Waals surface area contributed by atoms with Crippen LogP contribution in [0.4, 0.5) is 0 Å². The Labute approximate surface area is 119 Å². The van der Waals surface area contributed by atoms with Crippen molar-refractivity contribution >= 4 is 6.29 Å². The van der Waals surface area contributed by atoms with Crippen LogP contribution in [0.1, 0.15) is 22.8 Å². The third-order valence-corrected chi connectivity index (χ3v) is 3.08. The van der Waals surface area contributed by atoms with Crippen LogP contribution in [0.25, 0.3) is 11.1 Å². The third-order valence-electron chi connectivity index (χ3n) is 3.08. The van der Waals surface area contributed by atoms with Crippen LogP contribution in [-0.4, -0.2) is 12.9 Å². The van der Waals surface area contributed by atoms with Crippen LogP contribution in [0.2, 0.25) is 0 Å². The fraction of sp³-hybridized carbons (Fsp3) is 0.167. The van der Waals surface area contributed by atoms with Crippen LogP contribution in [0.5, 0.6) is 5.75 Å². The number of hydrogen-bond acceptors (Lipinski definition) is 2. The Bertz CT molecular complexity index is 600. The van der Waals surface area contributed by atoms with E-state index in [-0.39, 0.29) is 0 Å². The molecule has 2 rings (SSSR count). The maximum atomic E-state index is 11.3. The molecule has 0 N–H and O–H groups in total. The Morgan fingerprint density at radius 1 is 1.15 bits per heavy atom. The van der Waals surface area contributed by atoms with Crippen molar-refractivity contribution in [3.05, 3.63) is 66.2 Å². The summed E-state index contributed by atoms with van der Waals surface area (Å²) in [7, 11) is 0. The molecule has 0 aliphatic carbocycles. The second kappa shape index (κ2) is 6.71. The number of carbonyl (C=O) groups is 1. The van der Waals surface area contributed by atoms with Gasteiger partial charge in [-0.2, -0.15) is 0 Å². The summed E-state index contributed by atoms with van der Waals surface area (Å²) in [5.74, 6) is 0.669. The Hall–Kier alpha value is -2.35. The van der Waals surface area contributed by atoms with E-state index in [1.807, 2.05) is 49.4 Å². The molecule has 2 aromatic rings. The first-order valence-corrected chi connectivity index (χ1v) is 6.71. The van der Waals surface area contributed by atoms with Crippen molar-refractivity contribution in [2.75, 3.05) is 6.61 Å². The minimum absolute atomic E-state index is 0.537. The second-order valence-electron chi connectivity index (χ2n) is 4.46. The Balaban J connectivity index is 2.58. The lowest BCUT2D eigenvalue weighted by atomic mass is 9.97. The molecule has 2 heteroatoms. The maximum Gasteiger partial charge on any atom is 0.153 e. The van der Waals surface area contributed by atoms with E-state index < -0.39 is 0 Å². The van der Waals surface area contributed by atoms with Gasteiger partial charge in [-0.25, -0.2) is 0 Å². The largest absolute Gasteiger partial charge is 0.493 e. The molecule has 102 valence electrons. The molecule has 0 atom stereocenters. The maximum absolute atomic E-state index is 11.3. The van der Waals surface area contributed by atoms with Gasteiger partial charge in [0.1, 0.15) is 5.75 Å². The summed E-state index contributed by atoms with van der Waals surface area (Å²) >= 11 is 0.